The average Bonchev–Trinajstić information content (AvgIpc) is 2.61. The van der Waals surface area contributed by atoms with Gasteiger partial charge in [0.2, 0.25) is 0 Å². The fourth-order valence-corrected chi connectivity index (χ4v) is 3.46. The number of ketones is 1. The Labute approximate surface area is 138 Å². The van der Waals surface area contributed by atoms with Gasteiger partial charge >= 0.3 is 0 Å². The largest absolute Gasteiger partial charge is 0.334 e. The average molecular weight is 318 g/mol. The highest BCUT2D eigenvalue weighted by atomic mass is 32.2. The summed E-state index contributed by atoms with van der Waals surface area (Å²) >= 11 is 1.44. The van der Waals surface area contributed by atoms with Crippen LogP contribution in [0.4, 0.5) is 11.4 Å². The molecular weight excluding hydrogens is 304 g/mol. The molecule has 0 atom stereocenters. The van der Waals surface area contributed by atoms with Crippen molar-refractivity contribution in [3.8, 4) is 0 Å². The first-order chi connectivity index (χ1) is 11.3. The topological polar surface area (TPSA) is 41.5 Å². The highest BCUT2D eigenvalue weighted by molar-refractivity contribution is 8.14. The number of thioether (sulfide) groups is 1. The smallest absolute Gasteiger partial charge is 0.173 e. The van der Waals surface area contributed by atoms with Crippen LogP contribution in [-0.2, 0) is 0 Å². The molecular formula is C19H14N2OS. The molecule has 0 fully saturated rings. The minimum absolute atomic E-state index is 0.108. The van der Waals surface area contributed by atoms with Gasteiger partial charge in [-0.1, -0.05) is 66.4 Å². The molecule has 3 aromatic rings. The van der Waals surface area contributed by atoms with Crippen LogP contribution in [0.5, 0.6) is 0 Å². The van der Waals surface area contributed by atoms with E-state index in [1.54, 1.807) is 0 Å². The van der Waals surface area contributed by atoms with Crippen LogP contribution in [0, 0.1) is 0 Å². The van der Waals surface area contributed by atoms with Gasteiger partial charge in [0.25, 0.3) is 0 Å². The van der Waals surface area contributed by atoms with Crippen molar-refractivity contribution in [1.29, 1.82) is 0 Å². The van der Waals surface area contributed by atoms with Crippen LogP contribution < -0.4 is 5.32 Å². The maximum absolute atomic E-state index is 12.2. The molecule has 0 radical (unpaired) electrons. The van der Waals surface area contributed by atoms with Crippen molar-refractivity contribution in [3.05, 3.63) is 72.3 Å². The maximum atomic E-state index is 12.2. The number of carbonyl (C=O) groups is 1. The third-order valence-electron chi connectivity index (χ3n) is 3.78. The second-order valence-electron chi connectivity index (χ2n) is 5.30. The van der Waals surface area contributed by atoms with Gasteiger partial charge < -0.3 is 5.32 Å². The normalized spacial score (nSPS) is 12.6. The second kappa shape index (κ2) is 5.89. The lowest BCUT2D eigenvalue weighted by molar-refractivity contribution is 0.102. The number of benzene rings is 3. The highest BCUT2D eigenvalue weighted by Gasteiger charge is 2.15. The molecule has 0 unspecified atom stereocenters. The predicted molar refractivity (Wildman–Crippen MR) is 97.9 cm³/mol. The van der Waals surface area contributed by atoms with E-state index in [-0.39, 0.29) is 5.78 Å². The van der Waals surface area contributed by atoms with E-state index in [2.05, 4.69) is 22.4 Å². The Balaban J connectivity index is 1.56. The summed E-state index contributed by atoms with van der Waals surface area (Å²) in [6, 6.07) is 21.6. The van der Waals surface area contributed by atoms with E-state index in [9.17, 15) is 4.79 Å². The Hall–Kier alpha value is -2.59. The summed E-state index contributed by atoms with van der Waals surface area (Å²) in [6.45, 7) is 0. The molecule has 1 N–H and O–H groups in total. The Morgan fingerprint density at radius 2 is 1.74 bits per heavy atom. The molecule has 0 spiro atoms. The number of hydrogen-bond donors (Lipinski definition) is 1. The van der Waals surface area contributed by atoms with Crippen molar-refractivity contribution in [2.24, 2.45) is 4.99 Å². The van der Waals surface area contributed by atoms with Gasteiger partial charge in [-0.2, -0.15) is 0 Å². The molecule has 1 aliphatic rings. The zero-order valence-electron chi connectivity index (χ0n) is 12.3. The van der Waals surface area contributed by atoms with E-state index in [0.717, 1.165) is 27.5 Å². The summed E-state index contributed by atoms with van der Waals surface area (Å²) in [6.07, 6.45) is 0. The van der Waals surface area contributed by atoms with E-state index in [1.165, 1.54) is 17.1 Å². The summed E-state index contributed by atoms with van der Waals surface area (Å²) in [4.78, 5) is 16.9. The number of Topliss-reactive ketones (excluding diaryl/α,β-unsaturated/α-hetero) is 1. The third kappa shape index (κ3) is 2.73. The molecule has 1 aliphatic heterocycles. The molecule has 1 heterocycles. The van der Waals surface area contributed by atoms with E-state index in [4.69, 9.17) is 0 Å². The maximum Gasteiger partial charge on any atom is 0.173 e. The molecule has 4 heteroatoms. The van der Waals surface area contributed by atoms with Gasteiger partial charge in [-0.15, -0.1) is 0 Å². The lowest BCUT2D eigenvalue weighted by Gasteiger charge is -2.18. The molecule has 23 heavy (non-hydrogen) atoms. The van der Waals surface area contributed by atoms with Crippen LogP contribution in [0.2, 0.25) is 0 Å². The number of amidine groups is 1. The van der Waals surface area contributed by atoms with Crippen molar-refractivity contribution in [3.63, 3.8) is 0 Å². The van der Waals surface area contributed by atoms with E-state index < -0.39 is 0 Å². The SMILES string of the molecule is O=C(CSC1=Nc2cccc3cccc(c23)N1)c1ccccc1. The summed E-state index contributed by atoms with van der Waals surface area (Å²) in [5.74, 6) is 0.478. The summed E-state index contributed by atoms with van der Waals surface area (Å²) < 4.78 is 0. The molecule has 0 aromatic heterocycles. The Kier molecular flexibility index (Phi) is 3.60. The van der Waals surface area contributed by atoms with Gasteiger partial charge in [0.05, 0.1) is 17.1 Å². The minimum atomic E-state index is 0.108. The first-order valence-electron chi connectivity index (χ1n) is 7.40. The molecule has 0 saturated carbocycles. The molecule has 112 valence electrons. The quantitative estimate of drug-likeness (QED) is 0.701. The number of nitrogens with zero attached hydrogens (tertiary/aromatic N) is 1. The van der Waals surface area contributed by atoms with Crippen molar-refractivity contribution >= 4 is 44.9 Å². The first kappa shape index (κ1) is 14.0. The standard InChI is InChI=1S/C19H14N2OS/c22-17(13-6-2-1-3-7-13)12-23-19-20-15-10-4-8-14-9-5-11-16(21-19)18(14)15/h1-11H,12H2,(H,20,21). The van der Waals surface area contributed by atoms with Gasteiger partial charge in [-0.05, 0) is 17.5 Å². The van der Waals surface area contributed by atoms with Gasteiger partial charge in [0, 0.05) is 10.9 Å². The number of aliphatic imine (C=N–C) groups is 1. The number of rotatable bonds is 3. The van der Waals surface area contributed by atoms with Crippen LogP contribution >= 0.6 is 11.8 Å². The van der Waals surface area contributed by atoms with Crippen molar-refractivity contribution in [1.82, 2.24) is 0 Å². The number of hydrogen-bond acceptors (Lipinski definition) is 4. The first-order valence-corrected chi connectivity index (χ1v) is 8.38. The Bertz CT molecular complexity index is 914. The van der Waals surface area contributed by atoms with E-state index in [0.29, 0.717) is 5.75 Å². The van der Waals surface area contributed by atoms with Crippen molar-refractivity contribution in [2.45, 2.75) is 0 Å². The minimum Gasteiger partial charge on any atom is -0.334 e. The van der Waals surface area contributed by atoms with Crippen molar-refractivity contribution < 1.29 is 4.79 Å². The molecule has 0 saturated heterocycles. The van der Waals surface area contributed by atoms with E-state index >= 15 is 0 Å². The van der Waals surface area contributed by atoms with Gasteiger partial charge in [0.15, 0.2) is 11.0 Å². The van der Waals surface area contributed by atoms with Gasteiger partial charge in [-0.3, -0.25) is 4.79 Å². The van der Waals surface area contributed by atoms with Crippen LogP contribution in [0.15, 0.2) is 71.7 Å². The number of carbonyl (C=O) groups excluding carboxylic acids is 1. The second-order valence-corrected chi connectivity index (χ2v) is 6.26. The fourth-order valence-electron chi connectivity index (χ4n) is 2.68. The van der Waals surface area contributed by atoms with Gasteiger partial charge in [0.1, 0.15) is 0 Å². The van der Waals surface area contributed by atoms with Gasteiger partial charge in [-0.25, -0.2) is 4.99 Å². The lowest BCUT2D eigenvalue weighted by Crippen LogP contribution is -2.14. The fraction of sp³-hybridized carbons (Fsp3) is 0.0526. The van der Waals surface area contributed by atoms with Crippen LogP contribution in [0.1, 0.15) is 10.4 Å². The zero-order valence-corrected chi connectivity index (χ0v) is 13.1. The molecule has 0 aliphatic carbocycles. The molecule has 0 bridgehead atoms. The van der Waals surface area contributed by atoms with E-state index in [1.807, 2.05) is 54.6 Å². The summed E-state index contributed by atoms with van der Waals surface area (Å²) in [5.41, 5.74) is 2.73. The molecule has 3 nitrogen and oxygen atoms in total. The molecule has 3 aromatic carbocycles. The predicted octanol–water partition coefficient (Wildman–Crippen LogP) is 4.87. The number of anilines is 1. The third-order valence-corrected chi connectivity index (χ3v) is 4.66. The van der Waals surface area contributed by atoms with Crippen LogP contribution in [0.3, 0.4) is 0 Å². The number of nitrogens with one attached hydrogen (secondary N) is 1. The Morgan fingerprint density at radius 1 is 0.957 bits per heavy atom. The molecule has 0 amide bonds. The van der Waals surface area contributed by atoms with Crippen LogP contribution in [-0.4, -0.2) is 16.7 Å². The summed E-state index contributed by atoms with van der Waals surface area (Å²) in [7, 11) is 0. The monoisotopic (exact) mass is 318 g/mol. The molecule has 4 rings (SSSR count). The van der Waals surface area contributed by atoms with Crippen molar-refractivity contribution in [2.75, 3.05) is 11.1 Å². The Morgan fingerprint density at radius 3 is 2.57 bits per heavy atom. The van der Waals surface area contributed by atoms with Crippen LogP contribution in [0.25, 0.3) is 10.8 Å². The zero-order chi connectivity index (χ0) is 15.6. The lowest BCUT2D eigenvalue weighted by atomic mass is 10.1. The highest BCUT2D eigenvalue weighted by Crippen LogP contribution is 2.36. The summed E-state index contributed by atoms with van der Waals surface area (Å²) in [5, 5.41) is 6.39.